The van der Waals surface area contributed by atoms with Crippen molar-refractivity contribution in [2.24, 2.45) is 0 Å². The van der Waals surface area contributed by atoms with Crippen LogP contribution in [0.15, 0.2) is 83.5 Å². The second-order valence-corrected chi connectivity index (χ2v) is 6.49. The summed E-state index contributed by atoms with van der Waals surface area (Å²) in [5.74, 6) is 0.393. The normalized spacial score (nSPS) is 10.9. The van der Waals surface area contributed by atoms with Crippen molar-refractivity contribution in [1.82, 2.24) is 15.1 Å². The van der Waals surface area contributed by atoms with Gasteiger partial charge in [-0.05, 0) is 48.0 Å². The van der Waals surface area contributed by atoms with Crippen molar-refractivity contribution in [3.05, 3.63) is 89.6 Å². The van der Waals surface area contributed by atoms with Crippen LogP contribution in [0.1, 0.15) is 5.56 Å². The molecule has 6 nitrogen and oxygen atoms in total. The Morgan fingerprint density at radius 1 is 1.00 bits per heavy atom. The third-order valence-corrected chi connectivity index (χ3v) is 4.28. The van der Waals surface area contributed by atoms with Gasteiger partial charge in [0, 0.05) is 17.3 Å². The number of benzene rings is 2. The maximum atomic E-state index is 12.4. The average Bonchev–Trinajstić information content (AvgIpc) is 3.24. The molecule has 0 aliphatic heterocycles. The lowest BCUT2D eigenvalue weighted by Gasteiger charge is -2.06. The summed E-state index contributed by atoms with van der Waals surface area (Å²) < 4.78 is 5.38. The van der Waals surface area contributed by atoms with E-state index in [1.54, 1.807) is 42.6 Å². The van der Waals surface area contributed by atoms with Crippen molar-refractivity contribution in [3.63, 3.8) is 0 Å². The van der Waals surface area contributed by atoms with E-state index < -0.39 is 0 Å². The molecular weight excluding hydrogens is 388 g/mol. The summed E-state index contributed by atoms with van der Waals surface area (Å²) in [6.45, 7) is 0. The van der Waals surface area contributed by atoms with E-state index in [4.69, 9.17) is 16.1 Å². The molecule has 0 unspecified atom stereocenters. The fourth-order valence-corrected chi connectivity index (χ4v) is 2.76. The lowest BCUT2D eigenvalue weighted by Crippen LogP contribution is -2.08. The Labute approximate surface area is 171 Å². The first kappa shape index (κ1) is 18.6. The molecule has 0 spiro atoms. The van der Waals surface area contributed by atoms with Crippen LogP contribution in [0.4, 0.5) is 5.69 Å². The van der Waals surface area contributed by atoms with E-state index in [1.807, 2.05) is 36.4 Å². The van der Waals surface area contributed by atoms with Crippen molar-refractivity contribution < 1.29 is 9.32 Å². The molecule has 0 saturated carbocycles. The predicted molar refractivity (Wildman–Crippen MR) is 112 cm³/mol. The zero-order chi connectivity index (χ0) is 20.1. The number of aromatic nitrogens is 3. The maximum Gasteiger partial charge on any atom is 0.260 e. The monoisotopic (exact) mass is 402 g/mol. The Morgan fingerprint density at radius 2 is 1.79 bits per heavy atom. The fourth-order valence-electron chi connectivity index (χ4n) is 2.63. The number of carbonyl (C=O) groups is 1. The van der Waals surface area contributed by atoms with Crippen LogP contribution in [0.5, 0.6) is 0 Å². The molecule has 0 saturated heterocycles. The van der Waals surface area contributed by atoms with Crippen LogP contribution in [-0.4, -0.2) is 21.0 Å². The quantitative estimate of drug-likeness (QED) is 0.469. The molecule has 7 heteroatoms. The fraction of sp³-hybridized carbons (Fsp3) is 0. The molecule has 0 bridgehead atoms. The molecule has 0 aliphatic rings. The first-order chi connectivity index (χ1) is 14.2. The molecule has 1 amide bonds. The van der Waals surface area contributed by atoms with Gasteiger partial charge in [0.25, 0.3) is 5.89 Å². The number of anilines is 1. The second kappa shape index (κ2) is 8.50. The Kier molecular flexibility index (Phi) is 5.45. The SMILES string of the molecule is O=C(C=Cc1ccc(Cl)cc1)Nc1ccccc1-c1nc(-c2ccccn2)no1. The third kappa shape index (κ3) is 4.56. The van der Waals surface area contributed by atoms with Gasteiger partial charge < -0.3 is 9.84 Å². The summed E-state index contributed by atoms with van der Waals surface area (Å²) in [6, 6.07) is 19.9. The molecule has 0 atom stereocenters. The maximum absolute atomic E-state index is 12.4. The molecule has 4 rings (SSSR count). The van der Waals surface area contributed by atoms with Gasteiger partial charge in [-0.25, -0.2) is 0 Å². The first-order valence-electron chi connectivity index (χ1n) is 8.78. The molecule has 0 radical (unpaired) electrons. The number of rotatable bonds is 5. The topological polar surface area (TPSA) is 80.9 Å². The highest BCUT2D eigenvalue weighted by molar-refractivity contribution is 6.30. The van der Waals surface area contributed by atoms with E-state index >= 15 is 0 Å². The van der Waals surface area contributed by atoms with Crippen LogP contribution in [-0.2, 0) is 4.79 Å². The molecule has 2 aromatic heterocycles. The molecular formula is C22H15ClN4O2. The Bertz CT molecular complexity index is 1150. The van der Waals surface area contributed by atoms with E-state index in [0.717, 1.165) is 5.56 Å². The molecule has 1 N–H and O–H groups in total. The smallest absolute Gasteiger partial charge is 0.260 e. The van der Waals surface area contributed by atoms with Crippen molar-refractivity contribution in [3.8, 4) is 23.0 Å². The zero-order valence-electron chi connectivity index (χ0n) is 15.1. The molecule has 0 fully saturated rings. The van der Waals surface area contributed by atoms with Crippen LogP contribution in [0, 0.1) is 0 Å². The summed E-state index contributed by atoms with van der Waals surface area (Å²) in [7, 11) is 0. The van der Waals surface area contributed by atoms with Crippen molar-refractivity contribution in [2.45, 2.75) is 0 Å². The molecule has 142 valence electrons. The van der Waals surface area contributed by atoms with Gasteiger partial charge in [0.1, 0.15) is 5.69 Å². The third-order valence-electron chi connectivity index (χ3n) is 4.03. The van der Waals surface area contributed by atoms with Crippen molar-refractivity contribution in [1.29, 1.82) is 0 Å². The zero-order valence-corrected chi connectivity index (χ0v) is 15.9. The number of halogens is 1. The average molecular weight is 403 g/mol. The number of carbonyl (C=O) groups excluding carboxylic acids is 1. The van der Waals surface area contributed by atoms with Gasteiger partial charge in [0.05, 0.1) is 11.3 Å². The predicted octanol–water partition coefficient (Wildman–Crippen LogP) is 5.10. The van der Waals surface area contributed by atoms with Crippen molar-refractivity contribution in [2.75, 3.05) is 5.32 Å². The van der Waals surface area contributed by atoms with E-state index in [-0.39, 0.29) is 5.91 Å². The summed E-state index contributed by atoms with van der Waals surface area (Å²) in [5.41, 5.74) is 2.66. The van der Waals surface area contributed by atoms with E-state index in [1.165, 1.54) is 6.08 Å². The van der Waals surface area contributed by atoms with Gasteiger partial charge >= 0.3 is 0 Å². The van der Waals surface area contributed by atoms with Gasteiger partial charge in [-0.2, -0.15) is 4.98 Å². The van der Waals surface area contributed by atoms with E-state index in [9.17, 15) is 4.79 Å². The Hall–Kier alpha value is -3.77. The van der Waals surface area contributed by atoms with Crippen LogP contribution in [0.25, 0.3) is 29.0 Å². The largest absolute Gasteiger partial charge is 0.333 e. The van der Waals surface area contributed by atoms with Crippen LogP contribution >= 0.6 is 11.6 Å². The second-order valence-electron chi connectivity index (χ2n) is 6.06. The van der Waals surface area contributed by atoms with E-state index in [0.29, 0.717) is 33.7 Å². The number of para-hydroxylation sites is 1. The van der Waals surface area contributed by atoms with Gasteiger partial charge in [0.15, 0.2) is 0 Å². The van der Waals surface area contributed by atoms with Crippen LogP contribution in [0.2, 0.25) is 5.02 Å². The van der Waals surface area contributed by atoms with Crippen molar-refractivity contribution >= 4 is 29.3 Å². The van der Waals surface area contributed by atoms with Gasteiger partial charge in [0.2, 0.25) is 11.7 Å². The molecule has 2 aromatic carbocycles. The summed E-state index contributed by atoms with van der Waals surface area (Å²) in [4.78, 5) is 21.0. The Morgan fingerprint density at radius 3 is 2.59 bits per heavy atom. The number of hydrogen-bond donors (Lipinski definition) is 1. The number of amides is 1. The standard InChI is InChI=1S/C22H15ClN4O2/c23-16-11-8-15(9-12-16)10-13-20(28)25-18-6-2-1-5-17(18)22-26-21(27-29-22)19-7-3-4-14-24-19/h1-14H,(H,25,28). The highest BCUT2D eigenvalue weighted by Gasteiger charge is 2.15. The minimum absolute atomic E-state index is 0.281. The number of nitrogens with one attached hydrogen (secondary N) is 1. The highest BCUT2D eigenvalue weighted by atomic mass is 35.5. The number of nitrogens with zero attached hydrogens (tertiary/aromatic N) is 3. The lowest BCUT2D eigenvalue weighted by atomic mass is 10.1. The summed E-state index contributed by atoms with van der Waals surface area (Å²) in [5, 5.41) is 7.47. The van der Waals surface area contributed by atoms with Gasteiger partial charge in [-0.1, -0.05) is 47.1 Å². The molecule has 4 aromatic rings. The van der Waals surface area contributed by atoms with Crippen LogP contribution in [0.3, 0.4) is 0 Å². The number of hydrogen-bond acceptors (Lipinski definition) is 5. The summed E-state index contributed by atoms with van der Waals surface area (Å²) >= 11 is 5.87. The molecule has 29 heavy (non-hydrogen) atoms. The Balaban J connectivity index is 1.53. The lowest BCUT2D eigenvalue weighted by molar-refractivity contribution is -0.111. The first-order valence-corrected chi connectivity index (χ1v) is 9.16. The highest BCUT2D eigenvalue weighted by Crippen LogP contribution is 2.28. The summed E-state index contributed by atoms with van der Waals surface area (Å²) in [6.07, 6.45) is 4.82. The number of pyridine rings is 1. The minimum Gasteiger partial charge on any atom is -0.333 e. The van der Waals surface area contributed by atoms with E-state index in [2.05, 4.69) is 20.4 Å². The van der Waals surface area contributed by atoms with Gasteiger partial charge in [-0.3, -0.25) is 9.78 Å². The molecule has 2 heterocycles. The van der Waals surface area contributed by atoms with Gasteiger partial charge in [-0.15, -0.1) is 0 Å². The van der Waals surface area contributed by atoms with Crippen LogP contribution < -0.4 is 5.32 Å². The minimum atomic E-state index is -0.281. The molecule has 0 aliphatic carbocycles.